The van der Waals surface area contributed by atoms with Gasteiger partial charge >= 0.3 is 6.18 Å². The van der Waals surface area contributed by atoms with Crippen molar-refractivity contribution in [2.75, 3.05) is 6.61 Å². The summed E-state index contributed by atoms with van der Waals surface area (Å²) in [6.07, 6.45) is -2.10. The lowest BCUT2D eigenvalue weighted by atomic mass is 10.1. The van der Waals surface area contributed by atoms with Crippen LogP contribution in [-0.4, -0.2) is 49.1 Å². The molecule has 2 N–H and O–H groups in total. The molecule has 0 aliphatic carbocycles. The van der Waals surface area contributed by atoms with Crippen LogP contribution in [0.3, 0.4) is 0 Å². The fourth-order valence-corrected chi connectivity index (χ4v) is 3.30. The number of imidazole rings is 1. The van der Waals surface area contributed by atoms with Gasteiger partial charge < -0.3 is 19.8 Å². The molecule has 0 radical (unpaired) electrons. The van der Waals surface area contributed by atoms with Crippen molar-refractivity contribution in [1.29, 1.82) is 0 Å². The van der Waals surface area contributed by atoms with Crippen molar-refractivity contribution < 1.29 is 27.4 Å². The molecule has 1 aliphatic heterocycles. The Morgan fingerprint density at radius 3 is 2.87 bits per heavy atom. The van der Waals surface area contributed by atoms with Crippen LogP contribution in [0.25, 0.3) is 22.9 Å². The third-order valence-electron chi connectivity index (χ3n) is 4.70. The third kappa shape index (κ3) is 4.32. The lowest BCUT2D eigenvalue weighted by Crippen LogP contribution is -2.32. The van der Waals surface area contributed by atoms with E-state index in [4.69, 9.17) is 15.2 Å². The van der Waals surface area contributed by atoms with Crippen LogP contribution in [0.5, 0.6) is 11.5 Å². The highest BCUT2D eigenvalue weighted by Gasteiger charge is 2.31. The Morgan fingerprint density at radius 1 is 1.35 bits per heavy atom. The zero-order chi connectivity index (χ0) is 22.2. The van der Waals surface area contributed by atoms with Crippen molar-refractivity contribution in [2.24, 2.45) is 5.73 Å². The first-order valence-electron chi connectivity index (χ1n) is 9.50. The lowest BCUT2D eigenvalue weighted by molar-refractivity contribution is -0.142. The average molecular weight is 436 g/mol. The SMILES string of the molecule is CC[C@H](Oc1ccc2c(c1)OCCn1cc(-c3ncnn3CC(F)(F)F)nc1-2)C(N)=O. The molecule has 0 fully saturated rings. The average Bonchev–Trinajstić information content (AvgIpc) is 3.28. The smallest absolute Gasteiger partial charge is 0.408 e. The first-order valence-corrected chi connectivity index (χ1v) is 9.50. The van der Waals surface area contributed by atoms with Crippen LogP contribution in [0.15, 0.2) is 30.7 Å². The number of benzene rings is 1. The largest absolute Gasteiger partial charge is 0.491 e. The van der Waals surface area contributed by atoms with Gasteiger partial charge in [0.2, 0.25) is 0 Å². The molecular formula is C19H19F3N6O3. The van der Waals surface area contributed by atoms with Crippen molar-refractivity contribution in [2.45, 2.75) is 38.7 Å². The maximum Gasteiger partial charge on any atom is 0.408 e. The predicted molar refractivity (Wildman–Crippen MR) is 102 cm³/mol. The summed E-state index contributed by atoms with van der Waals surface area (Å²) < 4.78 is 52.5. The van der Waals surface area contributed by atoms with Gasteiger partial charge in [-0.25, -0.2) is 14.6 Å². The molecule has 0 saturated heterocycles. The number of fused-ring (bicyclic) bond motifs is 3. The number of aromatic nitrogens is 5. The minimum atomic E-state index is -4.43. The number of rotatable bonds is 6. The molecule has 1 amide bonds. The Labute approximate surface area is 174 Å². The second-order valence-corrected chi connectivity index (χ2v) is 6.92. The van der Waals surface area contributed by atoms with Gasteiger partial charge in [-0.2, -0.15) is 18.3 Å². The van der Waals surface area contributed by atoms with Gasteiger partial charge in [-0.3, -0.25) is 4.79 Å². The Kier molecular flexibility index (Phi) is 5.29. The van der Waals surface area contributed by atoms with Crippen LogP contribution in [0.2, 0.25) is 0 Å². The Bertz CT molecular complexity index is 1110. The highest BCUT2D eigenvalue weighted by atomic mass is 19.4. The fourth-order valence-electron chi connectivity index (χ4n) is 3.30. The molecule has 9 nitrogen and oxygen atoms in total. The molecule has 0 saturated carbocycles. The van der Waals surface area contributed by atoms with Crippen molar-refractivity contribution >= 4 is 5.91 Å². The standard InChI is InChI=1S/C19H19F3N6O3/c1-2-14(16(23)29)31-11-3-4-12-15(7-11)30-6-5-27-8-13(26-17(12)27)18-24-10-25-28(18)9-19(20,21)22/h3-4,7-8,10,14H,2,5-6,9H2,1H3,(H2,23,29)/t14-/m0/s1. The normalized spacial score (nSPS) is 14.2. The highest BCUT2D eigenvalue weighted by molar-refractivity contribution is 5.79. The van der Waals surface area contributed by atoms with Crippen molar-refractivity contribution in [1.82, 2.24) is 24.3 Å². The van der Waals surface area contributed by atoms with Crippen molar-refractivity contribution in [3.8, 4) is 34.4 Å². The van der Waals surface area contributed by atoms with E-state index in [2.05, 4.69) is 15.1 Å². The summed E-state index contributed by atoms with van der Waals surface area (Å²) in [5.41, 5.74) is 6.23. The second-order valence-electron chi connectivity index (χ2n) is 6.92. The van der Waals surface area contributed by atoms with Gasteiger partial charge in [0.05, 0.1) is 12.1 Å². The molecule has 1 atom stereocenters. The van der Waals surface area contributed by atoms with E-state index in [1.54, 1.807) is 35.9 Å². The number of primary amides is 1. The molecule has 0 bridgehead atoms. The zero-order valence-corrected chi connectivity index (χ0v) is 16.5. The maximum atomic E-state index is 12.8. The Hall–Kier alpha value is -3.57. The number of nitrogens with two attached hydrogens (primary N) is 1. The number of hydrogen-bond donors (Lipinski definition) is 1. The summed E-state index contributed by atoms with van der Waals surface area (Å²) in [4.78, 5) is 19.9. The summed E-state index contributed by atoms with van der Waals surface area (Å²) in [6.45, 7) is 1.26. The Balaban J connectivity index is 1.68. The number of alkyl halides is 3. The van der Waals surface area contributed by atoms with Gasteiger partial charge in [-0.15, -0.1) is 0 Å². The monoisotopic (exact) mass is 436 g/mol. The van der Waals surface area contributed by atoms with Crippen LogP contribution < -0.4 is 15.2 Å². The van der Waals surface area contributed by atoms with E-state index >= 15 is 0 Å². The van der Waals surface area contributed by atoms with Gasteiger partial charge in [0, 0.05) is 12.3 Å². The molecule has 0 spiro atoms. The number of carbonyl (C=O) groups is 1. The molecule has 2 aromatic heterocycles. The van der Waals surface area contributed by atoms with Crippen LogP contribution in [0.1, 0.15) is 13.3 Å². The summed E-state index contributed by atoms with van der Waals surface area (Å²) in [5.74, 6) is 0.852. The molecule has 3 aromatic rings. The van der Waals surface area contributed by atoms with E-state index in [0.29, 0.717) is 42.5 Å². The minimum Gasteiger partial charge on any atom is -0.491 e. The lowest BCUT2D eigenvalue weighted by Gasteiger charge is -2.15. The maximum absolute atomic E-state index is 12.8. The molecule has 31 heavy (non-hydrogen) atoms. The van der Waals surface area contributed by atoms with Gasteiger partial charge in [0.1, 0.15) is 42.5 Å². The van der Waals surface area contributed by atoms with Crippen LogP contribution in [0, 0.1) is 0 Å². The van der Waals surface area contributed by atoms with Crippen molar-refractivity contribution in [3.05, 3.63) is 30.7 Å². The number of halogens is 3. The highest BCUT2D eigenvalue weighted by Crippen LogP contribution is 2.36. The first kappa shape index (κ1) is 20.7. The number of hydrogen-bond acceptors (Lipinski definition) is 6. The summed E-state index contributed by atoms with van der Waals surface area (Å²) in [7, 11) is 0. The van der Waals surface area contributed by atoms with Gasteiger partial charge in [0.15, 0.2) is 11.9 Å². The third-order valence-corrected chi connectivity index (χ3v) is 4.70. The van der Waals surface area contributed by atoms with E-state index in [1.165, 1.54) is 0 Å². The van der Waals surface area contributed by atoms with E-state index in [-0.39, 0.29) is 11.5 Å². The van der Waals surface area contributed by atoms with E-state index < -0.39 is 24.7 Å². The van der Waals surface area contributed by atoms with Crippen LogP contribution in [0.4, 0.5) is 13.2 Å². The zero-order valence-electron chi connectivity index (χ0n) is 16.5. The molecule has 3 heterocycles. The fraction of sp³-hybridized carbons (Fsp3) is 0.368. The number of carbonyl (C=O) groups excluding carboxylic acids is 1. The first-order chi connectivity index (χ1) is 14.7. The van der Waals surface area contributed by atoms with Gasteiger partial charge in [-0.05, 0) is 18.6 Å². The van der Waals surface area contributed by atoms with Crippen LogP contribution >= 0.6 is 0 Å². The van der Waals surface area contributed by atoms with E-state index in [1.807, 2.05) is 0 Å². The molecule has 1 aliphatic rings. The van der Waals surface area contributed by atoms with Crippen molar-refractivity contribution in [3.63, 3.8) is 0 Å². The summed E-state index contributed by atoms with van der Waals surface area (Å²) in [6, 6.07) is 5.01. The second kappa shape index (κ2) is 7.93. The molecule has 12 heteroatoms. The topological polar surface area (TPSA) is 110 Å². The molecule has 0 unspecified atom stereocenters. The minimum absolute atomic E-state index is 0.0209. The van der Waals surface area contributed by atoms with Gasteiger partial charge in [-0.1, -0.05) is 6.92 Å². The molecule has 4 rings (SSSR count). The van der Waals surface area contributed by atoms with Gasteiger partial charge in [0.25, 0.3) is 5.91 Å². The molecule has 1 aromatic carbocycles. The number of nitrogens with zero attached hydrogens (tertiary/aromatic N) is 5. The van der Waals surface area contributed by atoms with E-state index in [0.717, 1.165) is 11.0 Å². The summed E-state index contributed by atoms with van der Waals surface area (Å²) in [5, 5.41) is 3.67. The van der Waals surface area contributed by atoms with E-state index in [9.17, 15) is 18.0 Å². The number of ether oxygens (including phenoxy) is 2. The molecular weight excluding hydrogens is 417 g/mol. The quantitative estimate of drug-likeness (QED) is 0.636. The van der Waals surface area contributed by atoms with Crippen LogP contribution in [-0.2, 0) is 17.9 Å². The Morgan fingerprint density at radius 2 is 2.16 bits per heavy atom. The molecule has 164 valence electrons. The summed E-state index contributed by atoms with van der Waals surface area (Å²) >= 11 is 0. The number of amides is 1. The predicted octanol–water partition coefficient (Wildman–Crippen LogP) is 2.41.